The lowest BCUT2D eigenvalue weighted by Crippen LogP contribution is -2.62. The Hall–Kier alpha value is -2.37. The first-order chi connectivity index (χ1) is 13.3. The molecular formula is C22H25NO4. The maximum atomic E-state index is 12.9. The van der Waals surface area contributed by atoms with Crippen LogP contribution in [0, 0.1) is 11.8 Å². The second kappa shape index (κ2) is 8.11. The van der Waals surface area contributed by atoms with E-state index < -0.39 is 0 Å². The molecule has 5 heteroatoms. The van der Waals surface area contributed by atoms with Gasteiger partial charge in [-0.2, -0.15) is 0 Å². The summed E-state index contributed by atoms with van der Waals surface area (Å²) in [5.74, 6) is 1.09. The van der Waals surface area contributed by atoms with Crippen molar-refractivity contribution in [2.75, 3.05) is 20.3 Å². The molecule has 2 aromatic carbocycles. The van der Waals surface area contributed by atoms with E-state index in [0.29, 0.717) is 30.4 Å². The van der Waals surface area contributed by atoms with Crippen molar-refractivity contribution in [3.8, 4) is 5.75 Å². The molecule has 1 aliphatic heterocycles. The highest BCUT2D eigenvalue weighted by Crippen LogP contribution is 2.44. The quantitative estimate of drug-likeness (QED) is 0.817. The van der Waals surface area contributed by atoms with Crippen molar-refractivity contribution in [3.63, 3.8) is 0 Å². The Labute approximate surface area is 159 Å². The van der Waals surface area contributed by atoms with Gasteiger partial charge in [0.05, 0.1) is 18.3 Å². The summed E-state index contributed by atoms with van der Waals surface area (Å²) < 4.78 is 17.0. The Morgan fingerprint density at radius 1 is 1.15 bits per heavy atom. The number of nitrogens with one attached hydrogen (secondary N) is 1. The van der Waals surface area contributed by atoms with E-state index in [1.165, 1.54) is 0 Å². The van der Waals surface area contributed by atoms with Crippen LogP contribution in [0.2, 0.25) is 0 Å². The van der Waals surface area contributed by atoms with Crippen LogP contribution in [0.15, 0.2) is 54.6 Å². The molecule has 1 saturated carbocycles. The fourth-order valence-electron chi connectivity index (χ4n) is 4.18. The molecule has 5 nitrogen and oxygen atoms in total. The van der Waals surface area contributed by atoms with E-state index >= 15 is 0 Å². The lowest BCUT2D eigenvalue weighted by molar-refractivity contribution is -0.0809. The Balaban J connectivity index is 1.44. The van der Waals surface area contributed by atoms with Gasteiger partial charge in [-0.05, 0) is 24.1 Å². The molecule has 2 aliphatic rings. The molecule has 1 saturated heterocycles. The Morgan fingerprint density at radius 2 is 1.93 bits per heavy atom. The molecular weight excluding hydrogens is 342 g/mol. The average Bonchev–Trinajstić information content (AvgIpc) is 3.14. The number of hydrogen-bond acceptors (Lipinski definition) is 4. The van der Waals surface area contributed by atoms with Crippen molar-refractivity contribution >= 4 is 5.91 Å². The van der Waals surface area contributed by atoms with Crippen LogP contribution in [0.4, 0.5) is 0 Å². The third kappa shape index (κ3) is 3.70. The predicted octanol–water partition coefficient (Wildman–Crippen LogP) is 3.05. The third-order valence-electron chi connectivity index (χ3n) is 5.55. The Bertz CT molecular complexity index is 779. The van der Waals surface area contributed by atoms with Crippen LogP contribution in [-0.4, -0.2) is 38.4 Å². The van der Waals surface area contributed by atoms with Crippen molar-refractivity contribution in [2.45, 2.75) is 25.2 Å². The third-order valence-corrected chi connectivity index (χ3v) is 5.55. The fourth-order valence-corrected chi connectivity index (χ4v) is 4.18. The lowest BCUT2D eigenvalue weighted by atomic mass is 9.67. The summed E-state index contributed by atoms with van der Waals surface area (Å²) >= 11 is 0. The van der Waals surface area contributed by atoms with Gasteiger partial charge in [0.1, 0.15) is 12.4 Å². The molecule has 142 valence electrons. The van der Waals surface area contributed by atoms with Gasteiger partial charge in [0.2, 0.25) is 0 Å². The smallest absolute Gasteiger partial charge is 0.255 e. The minimum Gasteiger partial charge on any atom is -0.488 e. The van der Waals surface area contributed by atoms with Crippen LogP contribution in [-0.2, 0) is 16.1 Å². The van der Waals surface area contributed by atoms with Crippen LogP contribution in [0.5, 0.6) is 5.75 Å². The molecule has 1 amide bonds. The molecule has 4 rings (SSSR count). The number of carbonyl (C=O) groups is 1. The number of rotatable bonds is 7. The standard InChI is InChI=1S/C22H25NO4/c1-25-14-18-20(17-11-12-26-21(17)18)23-22(24)16-9-5-6-10-19(16)27-13-15-7-3-2-4-8-15/h2-10,17-18,20-21H,11-14H2,1H3,(H,23,24)/t17-,18+,20+,21-/m0/s1. The number of fused-ring (bicyclic) bond motifs is 1. The van der Waals surface area contributed by atoms with Crippen LogP contribution in [0.3, 0.4) is 0 Å². The van der Waals surface area contributed by atoms with Gasteiger partial charge < -0.3 is 19.5 Å². The van der Waals surface area contributed by atoms with Crippen LogP contribution in [0.1, 0.15) is 22.3 Å². The molecule has 0 spiro atoms. The summed E-state index contributed by atoms with van der Waals surface area (Å²) in [5, 5.41) is 3.20. The Kier molecular flexibility index (Phi) is 5.41. The molecule has 4 atom stereocenters. The van der Waals surface area contributed by atoms with Gasteiger partial charge >= 0.3 is 0 Å². The van der Waals surface area contributed by atoms with Gasteiger partial charge in [-0.3, -0.25) is 4.79 Å². The molecule has 1 N–H and O–H groups in total. The summed E-state index contributed by atoms with van der Waals surface area (Å²) in [6, 6.07) is 17.4. The molecule has 0 aromatic heterocycles. The summed E-state index contributed by atoms with van der Waals surface area (Å²) in [5.41, 5.74) is 1.63. The monoisotopic (exact) mass is 367 g/mol. The van der Waals surface area contributed by atoms with Crippen LogP contribution < -0.4 is 10.1 Å². The largest absolute Gasteiger partial charge is 0.488 e. The molecule has 1 heterocycles. The maximum absolute atomic E-state index is 12.9. The topological polar surface area (TPSA) is 56.8 Å². The minimum absolute atomic E-state index is 0.0899. The van der Waals surface area contributed by atoms with Gasteiger partial charge in [0.15, 0.2) is 0 Å². The molecule has 0 unspecified atom stereocenters. The second-order valence-electron chi connectivity index (χ2n) is 7.18. The van der Waals surface area contributed by atoms with E-state index in [1.807, 2.05) is 54.6 Å². The molecule has 2 fully saturated rings. The van der Waals surface area contributed by atoms with Crippen molar-refractivity contribution in [1.29, 1.82) is 0 Å². The van der Waals surface area contributed by atoms with Gasteiger partial charge in [-0.25, -0.2) is 0 Å². The summed E-state index contributed by atoms with van der Waals surface area (Å²) in [6.07, 6.45) is 1.20. The lowest BCUT2D eigenvalue weighted by Gasteiger charge is -2.47. The number of hydrogen-bond donors (Lipinski definition) is 1. The van der Waals surface area contributed by atoms with E-state index in [-0.39, 0.29) is 24.0 Å². The van der Waals surface area contributed by atoms with Gasteiger partial charge in [0, 0.05) is 31.6 Å². The molecule has 0 radical (unpaired) electrons. The highest BCUT2D eigenvalue weighted by atomic mass is 16.5. The van der Waals surface area contributed by atoms with E-state index in [4.69, 9.17) is 14.2 Å². The number of benzene rings is 2. The van der Waals surface area contributed by atoms with E-state index in [1.54, 1.807) is 7.11 Å². The molecule has 27 heavy (non-hydrogen) atoms. The zero-order valence-electron chi connectivity index (χ0n) is 15.5. The first-order valence-electron chi connectivity index (χ1n) is 9.45. The van der Waals surface area contributed by atoms with Gasteiger partial charge in [-0.1, -0.05) is 42.5 Å². The zero-order chi connectivity index (χ0) is 18.6. The van der Waals surface area contributed by atoms with Crippen molar-refractivity contribution < 1.29 is 19.0 Å². The van der Waals surface area contributed by atoms with E-state index in [2.05, 4.69) is 5.32 Å². The Morgan fingerprint density at radius 3 is 2.74 bits per heavy atom. The van der Waals surface area contributed by atoms with Crippen molar-refractivity contribution in [3.05, 3.63) is 65.7 Å². The van der Waals surface area contributed by atoms with Crippen molar-refractivity contribution in [2.24, 2.45) is 11.8 Å². The first-order valence-corrected chi connectivity index (χ1v) is 9.45. The van der Waals surface area contributed by atoms with Crippen LogP contribution >= 0.6 is 0 Å². The number of amides is 1. The number of ether oxygens (including phenoxy) is 3. The second-order valence-corrected chi connectivity index (χ2v) is 7.18. The number of methoxy groups -OCH3 is 1. The fraction of sp³-hybridized carbons (Fsp3) is 0.409. The average molecular weight is 367 g/mol. The van der Waals surface area contributed by atoms with Gasteiger partial charge in [-0.15, -0.1) is 0 Å². The summed E-state index contributed by atoms with van der Waals surface area (Å²) in [4.78, 5) is 12.9. The predicted molar refractivity (Wildman–Crippen MR) is 102 cm³/mol. The summed E-state index contributed by atoms with van der Waals surface area (Å²) in [7, 11) is 1.69. The SMILES string of the molecule is COC[C@@H]1[C@H](NC(=O)c2ccccc2OCc2ccccc2)[C@@H]2CCO[C@H]12. The highest BCUT2D eigenvalue weighted by molar-refractivity contribution is 5.97. The molecule has 2 aromatic rings. The maximum Gasteiger partial charge on any atom is 0.255 e. The number of para-hydroxylation sites is 1. The molecule has 1 aliphatic carbocycles. The van der Waals surface area contributed by atoms with Gasteiger partial charge in [0.25, 0.3) is 5.91 Å². The number of carbonyl (C=O) groups excluding carboxylic acids is 1. The normalized spacial score (nSPS) is 26.1. The molecule has 0 bridgehead atoms. The minimum atomic E-state index is -0.102. The summed E-state index contributed by atoms with van der Waals surface area (Å²) in [6.45, 7) is 1.79. The van der Waals surface area contributed by atoms with E-state index in [0.717, 1.165) is 18.6 Å². The zero-order valence-corrected chi connectivity index (χ0v) is 15.5. The van der Waals surface area contributed by atoms with E-state index in [9.17, 15) is 4.79 Å². The first kappa shape index (κ1) is 18.0. The van der Waals surface area contributed by atoms with Crippen molar-refractivity contribution in [1.82, 2.24) is 5.32 Å². The highest BCUT2D eigenvalue weighted by Gasteiger charge is 2.54. The van der Waals surface area contributed by atoms with Crippen LogP contribution in [0.25, 0.3) is 0 Å².